The lowest BCUT2D eigenvalue weighted by molar-refractivity contribution is -0.121. The molecule has 4 rings (SSSR count). The van der Waals surface area contributed by atoms with E-state index in [0.29, 0.717) is 17.2 Å². The van der Waals surface area contributed by atoms with Crippen molar-refractivity contribution < 1.29 is 9.59 Å². The van der Waals surface area contributed by atoms with Gasteiger partial charge in [-0.15, -0.1) is 0 Å². The molecule has 2 amide bonds. The third-order valence-corrected chi connectivity index (χ3v) is 5.40. The zero-order chi connectivity index (χ0) is 16.7. The Balaban J connectivity index is 1.63. The number of hydrogen-bond donors (Lipinski definition) is 2. The summed E-state index contributed by atoms with van der Waals surface area (Å²) in [4.78, 5) is 28.8. The number of benzene rings is 1. The van der Waals surface area contributed by atoms with Crippen LogP contribution in [0.5, 0.6) is 0 Å². The predicted octanol–water partition coefficient (Wildman–Crippen LogP) is 3.34. The van der Waals surface area contributed by atoms with Crippen LogP contribution in [-0.2, 0) is 10.2 Å². The minimum Gasteiger partial charge on any atom is -0.325 e. The zero-order valence-corrected chi connectivity index (χ0v) is 13.5. The summed E-state index contributed by atoms with van der Waals surface area (Å²) >= 11 is 0. The third kappa shape index (κ3) is 2.12. The predicted molar refractivity (Wildman–Crippen MR) is 92.0 cm³/mol. The number of fused-ring (bicyclic) bond motifs is 2. The van der Waals surface area contributed by atoms with Gasteiger partial charge in [-0.2, -0.15) is 0 Å². The molecule has 1 aromatic carbocycles. The van der Waals surface area contributed by atoms with E-state index in [0.717, 1.165) is 30.5 Å². The molecule has 0 radical (unpaired) electrons. The summed E-state index contributed by atoms with van der Waals surface area (Å²) in [6.45, 7) is 2.15. The standard InChI is InChI=1S/C19H19N3O2/c1-12-3-2-8-19(12)15-5-4-14(11-16(15)22-18(19)24)21-17(23)13-6-9-20-10-7-13/h4-7,9-12H,2-3,8H2,1H3,(H,21,23)(H,22,24)/t12?,19-/m1/s1. The Hall–Kier alpha value is -2.69. The van der Waals surface area contributed by atoms with Crippen molar-refractivity contribution in [1.82, 2.24) is 4.98 Å². The average Bonchev–Trinajstić information content (AvgIpc) is 3.10. The van der Waals surface area contributed by atoms with E-state index in [1.165, 1.54) is 0 Å². The first kappa shape index (κ1) is 14.9. The molecule has 2 heterocycles. The summed E-state index contributed by atoms with van der Waals surface area (Å²) in [5.41, 5.74) is 2.73. The van der Waals surface area contributed by atoms with Crippen molar-refractivity contribution in [2.75, 3.05) is 10.6 Å². The van der Waals surface area contributed by atoms with Gasteiger partial charge in [0.15, 0.2) is 0 Å². The molecule has 2 N–H and O–H groups in total. The number of carbonyl (C=O) groups is 2. The van der Waals surface area contributed by atoms with Gasteiger partial charge < -0.3 is 10.6 Å². The van der Waals surface area contributed by atoms with Gasteiger partial charge in [-0.1, -0.05) is 19.4 Å². The van der Waals surface area contributed by atoms with Crippen LogP contribution in [0.3, 0.4) is 0 Å². The molecule has 1 aliphatic heterocycles. The van der Waals surface area contributed by atoms with E-state index in [2.05, 4.69) is 22.5 Å². The molecule has 122 valence electrons. The molecule has 2 aliphatic rings. The zero-order valence-electron chi connectivity index (χ0n) is 13.5. The molecule has 1 spiro atoms. The quantitative estimate of drug-likeness (QED) is 0.891. The van der Waals surface area contributed by atoms with Gasteiger partial charge >= 0.3 is 0 Å². The highest BCUT2D eigenvalue weighted by Crippen LogP contribution is 2.52. The van der Waals surface area contributed by atoms with Crippen LogP contribution in [0.25, 0.3) is 0 Å². The second-order valence-corrected chi connectivity index (χ2v) is 6.67. The van der Waals surface area contributed by atoms with E-state index in [4.69, 9.17) is 0 Å². The van der Waals surface area contributed by atoms with E-state index in [1.807, 2.05) is 18.2 Å². The van der Waals surface area contributed by atoms with Gasteiger partial charge in [0.25, 0.3) is 5.91 Å². The minimum absolute atomic E-state index is 0.0973. The molecule has 5 nitrogen and oxygen atoms in total. The summed E-state index contributed by atoms with van der Waals surface area (Å²) in [6, 6.07) is 9.05. The van der Waals surface area contributed by atoms with E-state index < -0.39 is 0 Å². The van der Waals surface area contributed by atoms with Crippen LogP contribution in [0.15, 0.2) is 42.7 Å². The highest BCUT2D eigenvalue weighted by molar-refractivity contribution is 6.08. The maximum absolute atomic E-state index is 12.6. The fraction of sp³-hybridized carbons (Fsp3) is 0.316. The van der Waals surface area contributed by atoms with Gasteiger partial charge in [0.1, 0.15) is 0 Å². The van der Waals surface area contributed by atoms with Gasteiger partial charge in [0, 0.05) is 29.3 Å². The monoisotopic (exact) mass is 321 g/mol. The molecule has 2 atom stereocenters. The van der Waals surface area contributed by atoms with Crippen molar-refractivity contribution in [1.29, 1.82) is 0 Å². The van der Waals surface area contributed by atoms with Crippen molar-refractivity contribution in [2.24, 2.45) is 5.92 Å². The minimum atomic E-state index is -0.386. The molecule has 1 saturated carbocycles. The van der Waals surface area contributed by atoms with Crippen LogP contribution in [0.4, 0.5) is 11.4 Å². The largest absolute Gasteiger partial charge is 0.325 e. The second kappa shape index (κ2) is 5.44. The lowest BCUT2D eigenvalue weighted by Gasteiger charge is -2.26. The molecule has 0 saturated heterocycles. The van der Waals surface area contributed by atoms with Gasteiger partial charge in [-0.05, 0) is 48.6 Å². The Labute approximate surface area is 140 Å². The first-order chi connectivity index (χ1) is 11.6. The van der Waals surface area contributed by atoms with Crippen LogP contribution >= 0.6 is 0 Å². The van der Waals surface area contributed by atoms with Crippen molar-refractivity contribution in [2.45, 2.75) is 31.6 Å². The lowest BCUT2D eigenvalue weighted by atomic mass is 9.74. The molecule has 1 aromatic heterocycles. The topological polar surface area (TPSA) is 71.1 Å². The van der Waals surface area contributed by atoms with Gasteiger partial charge in [0.05, 0.1) is 5.41 Å². The van der Waals surface area contributed by atoms with Crippen molar-refractivity contribution >= 4 is 23.2 Å². The third-order valence-electron chi connectivity index (χ3n) is 5.40. The number of nitrogens with one attached hydrogen (secondary N) is 2. The van der Waals surface area contributed by atoms with Crippen LogP contribution in [0.2, 0.25) is 0 Å². The summed E-state index contributed by atoms with van der Waals surface area (Å²) in [5, 5.41) is 5.89. The van der Waals surface area contributed by atoms with Gasteiger partial charge in [0.2, 0.25) is 5.91 Å². The molecule has 0 bridgehead atoms. The van der Waals surface area contributed by atoms with Crippen LogP contribution in [0.1, 0.15) is 42.1 Å². The van der Waals surface area contributed by atoms with Crippen molar-refractivity contribution in [3.63, 3.8) is 0 Å². The summed E-state index contributed by atoms with van der Waals surface area (Å²) in [7, 11) is 0. The average molecular weight is 321 g/mol. The molecule has 24 heavy (non-hydrogen) atoms. The Kier molecular flexibility index (Phi) is 3.37. The van der Waals surface area contributed by atoms with Crippen LogP contribution < -0.4 is 10.6 Å². The van der Waals surface area contributed by atoms with Crippen molar-refractivity contribution in [3.8, 4) is 0 Å². The first-order valence-corrected chi connectivity index (χ1v) is 8.28. The number of nitrogens with zero attached hydrogens (tertiary/aromatic N) is 1. The van der Waals surface area contributed by atoms with E-state index >= 15 is 0 Å². The summed E-state index contributed by atoms with van der Waals surface area (Å²) < 4.78 is 0. The van der Waals surface area contributed by atoms with Crippen molar-refractivity contribution in [3.05, 3.63) is 53.9 Å². The molecular formula is C19H19N3O2. The Morgan fingerprint density at radius 2 is 2.08 bits per heavy atom. The molecule has 5 heteroatoms. The molecular weight excluding hydrogens is 302 g/mol. The highest BCUT2D eigenvalue weighted by atomic mass is 16.2. The fourth-order valence-corrected chi connectivity index (χ4v) is 4.09. The Morgan fingerprint density at radius 1 is 1.29 bits per heavy atom. The Morgan fingerprint density at radius 3 is 2.79 bits per heavy atom. The lowest BCUT2D eigenvalue weighted by Crippen LogP contribution is -2.36. The summed E-state index contributed by atoms with van der Waals surface area (Å²) in [6.07, 6.45) is 6.23. The maximum Gasteiger partial charge on any atom is 0.255 e. The number of anilines is 2. The normalized spacial score (nSPS) is 24.7. The number of rotatable bonds is 2. The number of pyridine rings is 1. The number of hydrogen-bond acceptors (Lipinski definition) is 3. The highest BCUT2D eigenvalue weighted by Gasteiger charge is 2.52. The maximum atomic E-state index is 12.6. The smallest absolute Gasteiger partial charge is 0.255 e. The SMILES string of the molecule is CC1CCC[C@@]12C(=O)Nc1cc(NC(=O)c3ccncc3)ccc12. The molecule has 1 unspecified atom stereocenters. The van der Waals surface area contributed by atoms with Gasteiger partial charge in [-0.3, -0.25) is 14.6 Å². The number of aromatic nitrogens is 1. The summed E-state index contributed by atoms with van der Waals surface area (Å²) in [5.74, 6) is 0.252. The fourth-order valence-electron chi connectivity index (χ4n) is 4.09. The van der Waals surface area contributed by atoms with E-state index in [1.54, 1.807) is 24.5 Å². The molecule has 2 aromatic rings. The Bertz CT molecular complexity index is 819. The number of carbonyl (C=O) groups excluding carboxylic acids is 2. The molecule has 1 fully saturated rings. The second-order valence-electron chi connectivity index (χ2n) is 6.67. The molecule has 1 aliphatic carbocycles. The number of amides is 2. The van der Waals surface area contributed by atoms with Gasteiger partial charge in [-0.25, -0.2) is 0 Å². The van der Waals surface area contributed by atoms with E-state index in [-0.39, 0.29) is 17.2 Å². The van der Waals surface area contributed by atoms with Crippen LogP contribution in [0, 0.1) is 5.92 Å². The van der Waals surface area contributed by atoms with E-state index in [9.17, 15) is 9.59 Å². The van der Waals surface area contributed by atoms with Crippen LogP contribution in [-0.4, -0.2) is 16.8 Å². The first-order valence-electron chi connectivity index (χ1n) is 8.28.